The van der Waals surface area contributed by atoms with E-state index in [1.807, 2.05) is 11.7 Å². The monoisotopic (exact) mass is 276 g/mol. The fraction of sp³-hybridized carbons (Fsp3) is 0.812. The summed E-state index contributed by atoms with van der Waals surface area (Å²) in [6, 6.07) is 1.47. The third-order valence-corrected chi connectivity index (χ3v) is 4.62. The van der Waals surface area contributed by atoms with Gasteiger partial charge in [-0.15, -0.1) is 0 Å². The molecule has 0 saturated carbocycles. The van der Waals surface area contributed by atoms with E-state index >= 15 is 0 Å². The molecule has 3 heterocycles. The van der Waals surface area contributed by atoms with Crippen molar-refractivity contribution in [1.29, 1.82) is 0 Å². The molecular formula is C16H28N4. The second-order valence-electron chi connectivity index (χ2n) is 7.59. The van der Waals surface area contributed by atoms with Gasteiger partial charge in [-0.3, -0.25) is 9.58 Å². The van der Waals surface area contributed by atoms with Crippen LogP contribution in [0.5, 0.6) is 0 Å². The summed E-state index contributed by atoms with van der Waals surface area (Å²) in [4.78, 5) is 2.61. The van der Waals surface area contributed by atoms with Crippen molar-refractivity contribution in [3.63, 3.8) is 0 Å². The van der Waals surface area contributed by atoms with Crippen LogP contribution < -0.4 is 5.32 Å². The van der Waals surface area contributed by atoms with E-state index in [9.17, 15) is 0 Å². The lowest BCUT2D eigenvalue weighted by Gasteiger charge is -2.25. The zero-order chi connectivity index (χ0) is 14.3. The number of hydrogen-bond donors (Lipinski definition) is 1. The van der Waals surface area contributed by atoms with Crippen molar-refractivity contribution >= 4 is 0 Å². The van der Waals surface area contributed by atoms with E-state index in [0.29, 0.717) is 6.04 Å². The molecule has 0 aromatic carbocycles. The summed E-state index contributed by atoms with van der Waals surface area (Å²) in [6.07, 6.45) is 6.22. The van der Waals surface area contributed by atoms with Gasteiger partial charge in [-0.05, 0) is 19.3 Å². The first-order valence-corrected chi connectivity index (χ1v) is 7.93. The van der Waals surface area contributed by atoms with E-state index < -0.39 is 0 Å². The van der Waals surface area contributed by atoms with E-state index in [4.69, 9.17) is 5.10 Å². The highest BCUT2D eigenvalue weighted by Gasteiger charge is 2.30. The highest BCUT2D eigenvalue weighted by atomic mass is 15.3. The highest BCUT2D eigenvalue weighted by Crippen LogP contribution is 2.27. The number of nitrogens with zero attached hydrogens (tertiary/aromatic N) is 3. The number of nitrogens with one attached hydrogen (secondary N) is 1. The van der Waals surface area contributed by atoms with Crippen LogP contribution in [-0.4, -0.2) is 39.9 Å². The Morgan fingerprint density at radius 3 is 2.75 bits per heavy atom. The first-order valence-electron chi connectivity index (χ1n) is 7.93. The second kappa shape index (κ2) is 5.15. The smallest absolute Gasteiger partial charge is 0.0722 e. The summed E-state index contributed by atoms with van der Waals surface area (Å²) in [5.41, 5.74) is 2.78. The topological polar surface area (TPSA) is 33.1 Å². The molecule has 20 heavy (non-hydrogen) atoms. The predicted octanol–water partition coefficient (Wildman–Crippen LogP) is 2.04. The number of fused-ring (bicyclic) bond motifs is 2. The lowest BCUT2D eigenvalue weighted by atomic mass is 9.89. The molecule has 1 aromatic heterocycles. The molecule has 112 valence electrons. The summed E-state index contributed by atoms with van der Waals surface area (Å²) in [7, 11) is 2.03. The fourth-order valence-corrected chi connectivity index (χ4v) is 3.68. The molecule has 0 radical (unpaired) electrons. The SMILES string of the molecule is Cn1cc(CN2CCC3CCC(C2)N3)c(C(C)(C)C)n1. The van der Waals surface area contributed by atoms with Gasteiger partial charge >= 0.3 is 0 Å². The van der Waals surface area contributed by atoms with Crippen molar-refractivity contribution in [2.45, 2.75) is 64.1 Å². The molecule has 2 saturated heterocycles. The molecule has 0 amide bonds. The van der Waals surface area contributed by atoms with Crippen LogP contribution in [0.4, 0.5) is 0 Å². The molecule has 4 nitrogen and oxygen atoms in total. The van der Waals surface area contributed by atoms with Gasteiger partial charge in [0.05, 0.1) is 5.69 Å². The van der Waals surface area contributed by atoms with E-state index in [-0.39, 0.29) is 5.41 Å². The second-order valence-corrected chi connectivity index (χ2v) is 7.59. The molecule has 2 aliphatic heterocycles. The van der Waals surface area contributed by atoms with Crippen LogP contribution in [0.1, 0.15) is 51.3 Å². The number of rotatable bonds is 2. The Labute approximate surface area is 122 Å². The van der Waals surface area contributed by atoms with E-state index in [0.717, 1.165) is 12.6 Å². The largest absolute Gasteiger partial charge is 0.310 e. The molecule has 0 spiro atoms. The van der Waals surface area contributed by atoms with Gasteiger partial charge in [-0.1, -0.05) is 20.8 Å². The highest BCUT2D eigenvalue weighted by molar-refractivity contribution is 5.24. The van der Waals surface area contributed by atoms with Gasteiger partial charge in [0.1, 0.15) is 0 Å². The van der Waals surface area contributed by atoms with Crippen LogP contribution in [0.15, 0.2) is 6.20 Å². The lowest BCUT2D eigenvalue weighted by molar-refractivity contribution is 0.249. The predicted molar refractivity (Wildman–Crippen MR) is 81.7 cm³/mol. The third-order valence-electron chi connectivity index (χ3n) is 4.62. The van der Waals surface area contributed by atoms with Crippen LogP contribution in [-0.2, 0) is 19.0 Å². The molecule has 1 aromatic rings. The van der Waals surface area contributed by atoms with Crippen LogP contribution >= 0.6 is 0 Å². The maximum atomic E-state index is 4.69. The minimum absolute atomic E-state index is 0.125. The molecule has 0 aliphatic carbocycles. The molecule has 4 heteroatoms. The van der Waals surface area contributed by atoms with Crippen LogP contribution in [0.2, 0.25) is 0 Å². The van der Waals surface area contributed by atoms with E-state index in [1.165, 1.54) is 43.6 Å². The minimum atomic E-state index is 0.125. The summed E-state index contributed by atoms with van der Waals surface area (Å²) in [5.74, 6) is 0. The van der Waals surface area contributed by atoms with Gasteiger partial charge < -0.3 is 5.32 Å². The van der Waals surface area contributed by atoms with Gasteiger partial charge in [-0.25, -0.2) is 0 Å². The van der Waals surface area contributed by atoms with Crippen molar-refractivity contribution < 1.29 is 0 Å². The quantitative estimate of drug-likeness (QED) is 0.897. The zero-order valence-corrected chi connectivity index (χ0v) is 13.3. The van der Waals surface area contributed by atoms with Crippen molar-refractivity contribution in [1.82, 2.24) is 20.0 Å². The van der Waals surface area contributed by atoms with E-state index in [1.54, 1.807) is 0 Å². The Morgan fingerprint density at radius 2 is 2.00 bits per heavy atom. The number of aromatic nitrogens is 2. The van der Waals surface area contributed by atoms with Crippen molar-refractivity contribution in [3.05, 3.63) is 17.5 Å². The Kier molecular flexibility index (Phi) is 3.63. The molecule has 2 aliphatic rings. The molecule has 2 bridgehead atoms. The van der Waals surface area contributed by atoms with Crippen LogP contribution in [0.25, 0.3) is 0 Å². The Hall–Kier alpha value is -0.870. The average Bonchev–Trinajstić information content (AvgIpc) is 2.85. The van der Waals surface area contributed by atoms with Crippen molar-refractivity contribution in [2.24, 2.45) is 7.05 Å². The van der Waals surface area contributed by atoms with Gasteiger partial charge in [-0.2, -0.15) is 5.10 Å². The van der Waals surface area contributed by atoms with Gasteiger partial charge in [0.2, 0.25) is 0 Å². The van der Waals surface area contributed by atoms with Gasteiger partial charge in [0.25, 0.3) is 0 Å². The first kappa shape index (κ1) is 14.1. The van der Waals surface area contributed by atoms with Crippen molar-refractivity contribution in [2.75, 3.05) is 13.1 Å². The zero-order valence-electron chi connectivity index (χ0n) is 13.3. The third kappa shape index (κ3) is 2.91. The maximum Gasteiger partial charge on any atom is 0.0722 e. The standard InChI is InChI=1S/C16H28N4/c1-16(2,3)15-12(9-19(4)18-15)10-20-8-7-13-5-6-14(11-20)17-13/h9,13-14,17H,5-8,10-11H2,1-4H3. The lowest BCUT2D eigenvalue weighted by Crippen LogP contribution is -2.35. The molecule has 2 fully saturated rings. The molecule has 2 atom stereocenters. The summed E-state index contributed by atoms with van der Waals surface area (Å²) >= 11 is 0. The first-order chi connectivity index (χ1) is 9.41. The average molecular weight is 276 g/mol. The summed E-state index contributed by atoms with van der Waals surface area (Å²) < 4.78 is 1.97. The molecule has 2 unspecified atom stereocenters. The van der Waals surface area contributed by atoms with Gasteiger partial charge in [0.15, 0.2) is 0 Å². The van der Waals surface area contributed by atoms with E-state index in [2.05, 4.69) is 37.2 Å². The maximum absolute atomic E-state index is 4.69. The summed E-state index contributed by atoms with van der Waals surface area (Å²) in [5, 5.41) is 8.45. The number of likely N-dealkylation sites (tertiary alicyclic amines) is 1. The van der Waals surface area contributed by atoms with Crippen molar-refractivity contribution in [3.8, 4) is 0 Å². The molecule has 3 rings (SSSR count). The summed E-state index contributed by atoms with van der Waals surface area (Å²) in [6.45, 7) is 10.2. The number of hydrogen-bond acceptors (Lipinski definition) is 3. The minimum Gasteiger partial charge on any atom is -0.310 e. The Balaban J connectivity index is 1.74. The van der Waals surface area contributed by atoms with Gasteiger partial charge in [0, 0.05) is 55.9 Å². The molecule has 1 N–H and O–H groups in total. The number of aryl methyl sites for hydroxylation is 1. The molecular weight excluding hydrogens is 248 g/mol. The van der Waals surface area contributed by atoms with Crippen LogP contribution in [0, 0.1) is 0 Å². The Bertz CT molecular complexity index is 471. The fourth-order valence-electron chi connectivity index (χ4n) is 3.68. The Morgan fingerprint density at radius 1 is 1.25 bits per heavy atom. The normalized spacial score (nSPS) is 27.8. The van der Waals surface area contributed by atoms with Crippen LogP contribution in [0.3, 0.4) is 0 Å².